The van der Waals surface area contributed by atoms with E-state index in [1.807, 2.05) is 27.0 Å². The van der Waals surface area contributed by atoms with Gasteiger partial charge in [0.25, 0.3) is 0 Å². The maximum absolute atomic E-state index is 12.3. The Morgan fingerprint density at radius 2 is 2.35 bits per heavy atom. The Kier molecular flexibility index (Phi) is 3.58. The number of hydrogen-bond acceptors (Lipinski definition) is 4. The van der Waals surface area contributed by atoms with E-state index in [1.165, 1.54) is 11.3 Å². The monoisotopic (exact) mass is 294 g/mol. The number of thiazole rings is 1. The van der Waals surface area contributed by atoms with Crippen molar-refractivity contribution in [3.63, 3.8) is 0 Å². The van der Waals surface area contributed by atoms with E-state index in [4.69, 9.17) is 4.74 Å². The third-order valence-corrected chi connectivity index (χ3v) is 5.52. The number of ether oxygens (including phenoxy) is 1. The minimum absolute atomic E-state index is 0.115. The molecular formula is C15H22N2O2S. The maximum Gasteiger partial charge on any atom is 0.221 e. The van der Waals surface area contributed by atoms with Crippen LogP contribution in [0.3, 0.4) is 0 Å². The molecule has 2 aliphatic rings. The number of nitrogens with one attached hydrogen (secondary N) is 1. The fourth-order valence-corrected chi connectivity index (χ4v) is 4.11. The molecule has 1 N–H and O–H groups in total. The highest BCUT2D eigenvalue weighted by Crippen LogP contribution is 2.40. The van der Waals surface area contributed by atoms with Gasteiger partial charge in [0, 0.05) is 17.5 Å². The van der Waals surface area contributed by atoms with Crippen LogP contribution in [-0.2, 0) is 15.1 Å². The van der Waals surface area contributed by atoms with Gasteiger partial charge in [0.1, 0.15) is 5.01 Å². The Morgan fingerprint density at radius 3 is 2.90 bits per heavy atom. The second kappa shape index (κ2) is 5.11. The van der Waals surface area contributed by atoms with E-state index in [0.29, 0.717) is 24.5 Å². The van der Waals surface area contributed by atoms with Crippen molar-refractivity contribution in [2.45, 2.75) is 64.2 Å². The number of amides is 1. The lowest BCUT2D eigenvalue weighted by molar-refractivity contribution is -0.124. The molecule has 2 aliphatic heterocycles. The largest absolute Gasteiger partial charge is 0.375 e. The Labute approximate surface area is 123 Å². The van der Waals surface area contributed by atoms with Crippen LogP contribution in [0.25, 0.3) is 0 Å². The van der Waals surface area contributed by atoms with Gasteiger partial charge in [-0.15, -0.1) is 11.3 Å². The summed E-state index contributed by atoms with van der Waals surface area (Å²) < 4.78 is 5.81. The summed E-state index contributed by atoms with van der Waals surface area (Å²) in [6.07, 6.45) is 6.51. The van der Waals surface area contributed by atoms with Crippen LogP contribution in [0.15, 0.2) is 6.20 Å². The minimum Gasteiger partial charge on any atom is -0.375 e. The first kappa shape index (κ1) is 14.0. The molecule has 0 aromatic carbocycles. The number of aryl methyl sites for hydroxylation is 1. The van der Waals surface area contributed by atoms with Crippen LogP contribution in [0.1, 0.15) is 49.4 Å². The van der Waals surface area contributed by atoms with Gasteiger partial charge in [0.2, 0.25) is 5.91 Å². The molecule has 20 heavy (non-hydrogen) atoms. The van der Waals surface area contributed by atoms with Crippen LogP contribution >= 0.6 is 11.3 Å². The molecule has 1 aromatic rings. The van der Waals surface area contributed by atoms with Crippen LogP contribution in [0.5, 0.6) is 0 Å². The van der Waals surface area contributed by atoms with Gasteiger partial charge in [0.05, 0.1) is 17.7 Å². The number of aromatic nitrogens is 1. The Balaban J connectivity index is 1.58. The van der Waals surface area contributed by atoms with Gasteiger partial charge in [-0.25, -0.2) is 4.98 Å². The summed E-state index contributed by atoms with van der Waals surface area (Å²) in [5, 5.41) is 4.09. The van der Waals surface area contributed by atoms with E-state index < -0.39 is 5.54 Å². The molecule has 2 saturated heterocycles. The summed E-state index contributed by atoms with van der Waals surface area (Å²) in [7, 11) is 0. The van der Waals surface area contributed by atoms with Gasteiger partial charge in [0.15, 0.2) is 0 Å². The molecule has 3 rings (SSSR count). The second-order valence-electron chi connectivity index (χ2n) is 6.52. The predicted octanol–water partition coefficient (Wildman–Crippen LogP) is 2.76. The highest BCUT2D eigenvalue weighted by atomic mass is 32.1. The lowest BCUT2D eigenvalue weighted by Crippen LogP contribution is -2.42. The van der Waals surface area contributed by atoms with E-state index in [1.54, 1.807) is 11.3 Å². The summed E-state index contributed by atoms with van der Waals surface area (Å²) in [5.41, 5.74) is -0.394. The summed E-state index contributed by atoms with van der Waals surface area (Å²) in [6.45, 7) is 6.06. The zero-order valence-corrected chi connectivity index (χ0v) is 13.1. The lowest BCUT2D eigenvalue weighted by atomic mass is 9.86. The fourth-order valence-electron chi connectivity index (χ4n) is 3.29. The van der Waals surface area contributed by atoms with Crippen LogP contribution in [-0.4, -0.2) is 23.1 Å². The molecule has 0 radical (unpaired) electrons. The van der Waals surface area contributed by atoms with Crippen molar-refractivity contribution in [2.24, 2.45) is 5.92 Å². The van der Waals surface area contributed by atoms with Gasteiger partial charge in [-0.05, 0) is 46.0 Å². The predicted molar refractivity (Wildman–Crippen MR) is 78.6 cm³/mol. The molecule has 1 amide bonds. The molecule has 4 nitrogen and oxygen atoms in total. The van der Waals surface area contributed by atoms with Gasteiger partial charge in [-0.1, -0.05) is 0 Å². The molecule has 2 fully saturated rings. The summed E-state index contributed by atoms with van der Waals surface area (Å²) >= 11 is 1.64. The third-order valence-electron chi connectivity index (χ3n) is 4.29. The molecular weight excluding hydrogens is 272 g/mol. The molecule has 0 spiro atoms. The maximum atomic E-state index is 12.3. The smallest absolute Gasteiger partial charge is 0.221 e. The SMILES string of the molecule is Cc1cnc(C(C)(C)NC(=O)CC2CC3CCC2O3)s1. The molecule has 3 atom stereocenters. The van der Waals surface area contributed by atoms with Crippen molar-refractivity contribution in [3.05, 3.63) is 16.1 Å². The van der Waals surface area contributed by atoms with Crippen molar-refractivity contribution in [2.75, 3.05) is 0 Å². The fraction of sp³-hybridized carbons (Fsp3) is 0.733. The Bertz CT molecular complexity index is 512. The molecule has 0 saturated carbocycles. The number of carbonyl (C=O) groups excluding carboxylic acids is 1. The van der Waals surface area contributed by atoms with Gasteiger partial charge in [-0.2, -0.15) is 0 Å². The quantitative estimate of drug-likeness (QED) is 0.929. The molecule has 5 heteroatoms. The normalized spacial score (nSPS) is 28.9. The molecule has 0 aliphatic carbocycles. The van der Waals surface area contributed by atoms with E-state index >= 15 is 0 Å². The Morgan fingerprint density at radius 1 is 1.55 bits per heavy atom. The van der Waals surface area contributed by atoms with E-state index in [9.17, 15) is 4.79 Å². The van der Waals surface area contributed by atoms with Crippen LogP contribution in [0, 0.1) is 12.8 Å². The van der Waals surface area contributed by atoms with E-state index in [2.05, 4.69) is 10.3 Å². The van der Waals surface area contributed by atoms with Crippen molar-refractivity contribution < 1.29 is 9.53 Å². The highest BCUT2D eigenvalue weighted by Gasteiger charge is 2.41. The minimum atomic E-state index is -0.394. The van der Waals surface area contributed by atoms with Crippen molar-refractivity contribution in [3.8, 4) is 0 Å². The molecule has 110 valence electrons. The zero-order valence-electron chi connectivity index (χ0n) is 12.3. The van der Waals surface area contributed by atoms with Crippen molar-refractivity contribution >= 4 is 17.2 Å². The van der Waals surface area contributed by atoms with Crippen LogP contribution in [0.4, 0.5) is 0 Å². The number of nitrogens with zero attached hydrogens (tertiary/aromatic N) is 1. The van der Waals surface area contributed by atoms with Crippen LogP contribution in [0.2, 0.25) is 0 Å². The highest BCUT2D eigenvalue weighted by molar-refractivity contribution is 7.11. The topological polar surface area (TPSA) is 51.2 Å². The number of rotatable bonds is 4. The molecule has 3 heterocycles. The Hall–Kier alpha value is -0.940. The number of carbonyl (C=O) groups is 1. The van der Waals surface area contributed by atoms with E-state index in [-0.39, 0.29) is 5.91 Å². The van der Waals surface area contributed by atoms with Gasteiger partial charge in [-0.3, -0.25) is 4.79 Å². The number of fused-ring (bicyclic) bond motifs is 2. The standard InChI is InChI=1S/C15H22N2O2S/c1-9-8-16-14(20-9)15(2,3)17-13(18)7-10-6-11-4-5-12(10)19-11/h8,10-12H,4-7H2,1-3H3,(H,17,18). The first-order chi connectivity index (χ1) is 9.44. The molecule has 1 aromatic heterocycles. The first-order valence-electron chi connectivity index (χ1n) is 7.33. The first-order valence-corrected chi connectivity index (χ1v) is 8.15. The average molecular weight is 294 g/mol. The van der Waals surface area contributed by atoms with Gasteiger partial charge < -0.3 is 10.1 Å². The third kappa shape index (κ3) is 2.74. The second-order valence-corrected chi connectivity index (χ2v) is 7.76. The van der Waals surface area contributed by atoms with Crippen molar-refractivity contribution in [1.82, 2.24) is 10.3 Å². The molecule has 2 bridgehead atoms. The summed E-state index contributed by atoms with van der Waals surface area (Å²) in [6, 6.07) is 0. The van der Waals surface area contributed by atoms with Crippen LogP contribution < -0.4 is 5.32 Å². The lowest BCUT2D eigenvalue weighted by Gasteiger charge is -2.26. The van der Waals surface area contributed by atoms with Gasteiger partial charge >= 0.3 is 0 Å². The summed E-state index contributed by atoms with van der Waals surface area (Å²) in [4.78, 5) is 17.8. The summed E-state index contributed by atoms with van der Waals surface area (Å²) in [5.74, 6) is 0.520. The number of hydrogen-bond donors (Lipinski definition) is 1. The molecule has 3 unspecified atom stereocenters. The average Bonchev–Trinajstić information content (AvgIpc) is 3.03. The zero-order chi connectivity index (χ0) is 14.3. The van der Waals surface area contributed by atoms with E-state index in [0.717, 1.165) is 17.8 Å². The van der Waals surface area contributed by atoms with Crippen molar-refractivity contribution in [1.29, 1.82) is 0 Å².